The molecule has 1 atom stereocenters. The highest BCUT2D eigenvalue weighted by Crippen LogP contribution is 2.29. The second-order valence-corrected chi connectivity index (χ2v) is 10.8. The Bertz CT molecular complexity index is 858. The molecule has 2 aromatic carbocycles. The molecule has 0 N–H and O–H groups in total. The summed E-state index contributed by atoms with van der Waals surface area (Å²) in [6, 6.07) is 17.2. The third kappa shape index (κ3) is 6.90. The van der Waals surface area contributed by atoms with Gasteiger partial charge in [0, 0.05) is 34.7 Å². The molecule has 0 unspecified atom stereocenters. The maximum absolute atomic E-state index is 13.3. The third-order valence-electron chi connectivity index (χ3n) is 5.25. The number of thiol groups is 1. The van der Waals surface area contributed by atoms with E-state index in [4.69, 9.17) is 0 Å². The number of sulfonamides is 1. The normalized spacial score (nSPS) is 16.2. The summed E-state index contributed by atoms with van der Waals surface area (Å²) >= 11 is 6.00. The predicted molar refractivity (Wildman–Crippen MR) is 132 cm³/mol. The van der Waals surface area contributed by atoms with Crippen molar-refractivity contribution in [3.8, 4) is 0 Å². The van der Waals surface area contributed by atoms with E-state index in [1.165, 1.54) is 19.3 Å². The second kappa shape index (κ2) is 12.4. The second-order valence-electron chi connectivity index (χ2n) is 7.44. The van der Waals surface area contributed by atoms with Gasteiger partial charge in [-0.1, -0.05) is 36.4 Å². The van der Waals surface area contributed by atoms with Crippen molar-refractivity contribution >= 4 is 46.8 Å². The molecular weight excluding hydrogens is 456 g/mol. The highest BCUT2D eigenvalue weighted by Gasteiger charge is 2.29. The van der Waals surface area contributed by atoms with Crippen molar-refractivity contribution in [2.45, 2.75) is 46.9 Å². The van der Waals surface area contributed by atoms with Crippen molar-refractivity contribution in [3.63, 3.8) is 0 Å². The lowest BCUT2D eigenvalue weighted by atomic mass is 10.1. The van der Waals surface area contributed by atoms with Gasteiger partial charge < -0.3 is 4.90 Å². The summed E-state index contributed by atoms with van der Waals surface area (Å²) in [7, 11) is -3.55. The minimum atomic E-state index is -3.55. The maximum atomic E-state index is 13.3. The van der Waals surface area contributed by atoms with Gasteiger partial charge in [-0.15, -0.1) is 12.4 Å². The Morgan fingerprint density at radius 3 is 2.20 bits per heavy atom. The zero-order valence-corrected chi connectivity index (χ0v) is 20.7. The summed E-state index contributed by atoms with van der Waals surface area (Å²) in [5.74, 6) is 0.501. The summed E-state index contributed by atoms with van der Waals surface area (Å²) in [6.45, 7) is 5.34. The Labute approximate surface area is 197 Å². The van der Waals surface area contributed by atoms with Crippen LogP contribution in [0.4, 0.5) is 0 Å². The average Bonchev–Trinajstić information content (AvgIpc) is 2.75. The number of hydrogen-bond donors (Lipinski definition) is 1. The van der Waals surface area contributed by atoms with Crippen LogP contribution in [0, 0.1) is 0 Å². The van der Waals surface area contributed by atoms with Gasteiger partial charge in [-0.25, -0.2) is 8.42 Å². The van der Waals surface area contributed by atoms with Crippen LogP contribution in [0.15, 0.2) is 69.3 Å². The van der Waals surface area contributed by atoms with Crippen LogP contribution in [-0.4, -0.2) is 55.6 Å². The van der Waals surface area contributed by atoms with E-state index in [1.807, 2.05) is 49.4 Å². The molecule has 0 bridgehead atoms. The first-order chi connectivity index (χ1) is 14.0. The summed E-state index contributed by atoms with van der Waals surface area (Å²) in [4.78, 5) is 4.88. The smallest absolute Gasteiger partial charge is 0.243 e. The van der Waals surface area contributed by atoms with Gasteiger partial charge in [0.1, 0.15) is 0 Å². The molecule has 4 nitrogen and oxygen atoms in total. The molecule has 0 aliphatic carbocycles. The minimum Gasteiger partial charge on any atom is -0.302 e. The van der Waals surface area contributed by atoms with Crippen molar-refractivity contribution < 1.29 is 8.42 Å². The summed E-state index contributed by atoms with van der Waals surface area (Å²) < 4.78 is 28.3. The van der Waals surface area contributed by atoms with E-state index < -0.39 is 10.0 Å². The summed E-state index contributed by atoms with van der Waals surface area (Å²) in [5, 5.41) is 0. The van der Waals surface area contributed by atoms with Crippen LogP contribution in [0.5, 0.6) is 0 Å². The topological polar surface area (TPSA) is 40.6 Å². The molecule has 166 valence electrons. The van der Waals surface area contributed by atoms with E-state index in [2.05, 4.69) is 17.5 Å². The number of nitrogens with zero attached hydrogens (tertiary/aromatic N) is 2. The molecule has 1 aliphatic rings. The number of likely N-dealkylation sites (tertiary alicyclic amines) is 1. The van der Waals surface area contributed by atoms with Crippen molar-refractivity contribution in [1.29, 1.82) is 0 Å². The molecule has 0 saturated carbocycles. The average molecular weight is 487 g/mol. The lowest BCUT2D eigenvalue weighted by Gasteiger charge is -2.32. The standard InChI is InChI=1S/C22H30N2O2S3.ClH/c1-19(18-27)24(17-16-23-14-6-3-7-15-23)29(25,26)22-12-10-21(11-13-22)28-20-8-4-2-5-9-20;/h2,4-5,8-13,19,27H,3,6-7,14-18H2,1H3;1H/t19-;/m1./s1. The molecule has 1 heterocycles. The largest absolute Gasteiger partial charge is 0.302 e. The van der Waals surface area contributed by atoms with Gasteiger partial charge in [0.15, 0.2) is 0 Å². The Balaban J connectivity index is 0.00000320. The van der Waals surface area contributed by atoms with E-state index >= 15 is 0 Å². The predicted octanol–water partition coefficient (Wildman–Crippen LogP) is 5.05. The maximum Gasteiger partial charge on any atom is 0.243 e. The molecule has 30 heavy (non-hydrogen) atoms. The molecule has 0 radical (unpaired) electrons. The van der Waals surface area contributed by atoms with Gasteiger partial charge in [0.25, 0.3) is 0 Å². The molecule has 1 fully saturated rings. The van der Waals surface area contributed by atoms with Gasteiger partial charge >= 0.3 is 0 Å². The number of piperidine rings is 1. The van der Waals surface area contributed by atoms with E-state index in [-0.39, 0.29) is 18.4 Å². The van der Waals surface area contributed by atoms with E-state index in [1.54, 1.807) is 28.2 Å². The summed E-state index contributed by atoms with van der Waals surface area (Å²) in [5.41, 5.74) is 0. The van der Waals surface area contributed by atoms with Gasteiger partial charge in [-0.3, -0.25) is 0 Å². The lowest BCUT2D eigenvalue weighted by molar-refractivity contribution is 0.205. The van der Waals surface area contributed by atoms with E-state index in [0.717, 1.165) is 29.4 Å². The fourth-order valence-corrected chi connectivity index (χ4v) is 6.30. The first-order valence-corrected chi connectivity index (χ1v) is 13.1. The Kier molecular flexibility index (Phi) is 10.5. The number of benzene rings is 2. The summed E-state index contributed by atoms with van der Waals surface area (Å²) in [6.07, 6.45) is 3.68. The van der Waals surface area contributed by atoms with Crippen LogP contribution in [-0.2, 0) is 10.0 Å². The molecule has 1 aliphatic heterocycles. The lowest BCUT2D eigenvalue weighted by Crippen LogP contribution is -2.45. The van der Waals surface area contributed by atoms with Crippen LogP contribution in [0.1, 0.15) is 26.2 Å². The highest BCUT2D eigenvalue weighted by atomic mass is 35.5. The fraction of sp³-hybridized carbons (Fsp3) is 0.455. The molecule has 8 heteroatoms. The van der Waals surface area contributed by atoms with Crippen LogP contribution in [0.2, 0.25) is 0 Å². The Morgan fingerprint density at radius 2 is 1.60 bits per heavy atom. The zero-order valence-electron chi connectivity index (χ0n) is 17.3. The molecule has 2 aromatic rings. The zero-order chi connectivity index (χ0) is 20.7. The molecule has 1 saturated heterocycles. The molecule has 0 spiro atoms. The molecule has 0 aromatic heterocycles. The van der Waals surface area contributed by atoms with E-state index in [9.17, 15) is 8.42 Å². The van der Waals surface area contributed by atoms with Crippen molar-refractivity contribution in [2.75, 3.05) is 31.9 Å². The quantitative estimate of drug-likeness (QED) is 0.503. The van der Waals surface area contributed by atoms with Crippen molar-refractivity contribution in [1.82, 2.24) is 9.21 Å². The van der Waals surface area contributed by atoms with Crippen molar-refractivity contribution in [2.24, 2.45) is 0 Å². The van der Waals surface area contributed by atoms with Crippen LogP contribution in [0.25, 0.3) is 0 Å². The van der Waals surface area contributed by atoms with Crippen molar-refractivity contribution in [3.05, 3.63) is 54.6 Å². The first-order valence-electron chi connectivity index (χ1n) is 10.2. The molecule has 0 amide bonds. The Morgan fingerprint density at radius 1 is 1.00 bits per heavy atom. The minimum absolute atomic E-state index is 0. The SMILES string of the molecule is C[C@H](CS)N(CCN1CCCCC1)S(=O)(=O)c1ccc(Sc2ccccc2)cc1.Cl. The van der Waals surface area contributed by atoms with Crippen LogP contribution >= 0.6 is 36.8 Å². The van der Waals surface area contributed by atoms with Gasteiger partial charge in [-0.2, -0.15) is 16.9 Å². The highest BCUT2D eigenvalue weighted by molar-refractivity contribution is 7.99. The van der Waals surface area contributed by atoms with Gasteiger partial charge in [-0.05, 0) is 69.3 Å². The van der Waals surface area contributed by atoms with E-state index in [0.29, 0.717) is 17.2 Å². The number of hydrogen-bond acceptors (Lipinski definition) is 5. The monoisotopic (exact) mass is 486 g/mol. The molecular formula is C22H31ClN2O2S3. The van der Waals surface area contributed by atoms with Gasteiger partial charge in [0.05, 0.1) is 4.90 Å². The molecule has 3 rings (SSSR count). The number of halogens is 1. The van der Waals surface area contributed by atoms with Gasteiger partial charge in [0.2, 0.25) is 10.0 Å². The number of rotatable bonds is 9. The third-order valence-corrected chi connectivity index (χ3v) is 8.82. The van der Waals surface area contributed by atoms with Crippen LogP contribution in [0.3, 0.4) is 0 Å². The van der Waals surface area contributed by atoms with Crippen LogP contribution < -0.4 is 0 Å². The first kappa shape index (κ1) is 25.6. The Hall–Kier alpha value is -0.700. The fourth-order valence-electron chi connectivity index (χ4n) is 3.53.